The summed E-state index contributed by atoms with van der Waals surface area (Å²) in [5.74, 6) is 0.260. The van der Waals surface area contributed by atoms with E-state index in [1.165, 1.54) is 0 Å². The van der Waals surface area contributed by atoms with Crippen LogP contribution in [-0.2, 0) is 14.2 Å². The zero-order valence-electron chi connectivity index (χ0n) is 14.6. The van der Waals surface area contributed by atoms with Gasteiger partial charge in [0.25, 0.3) is 0 Å². The van der Waals surface area contributed by atoms with Crippen molar-refractivity contribution in [2.24, 2.45) is 11.8 Å². The van der Waals surface area contributed by atoms with Gasteiger partial charge in [0.15, 0.2) is 0 Å². The molecule has 2 saturated heterocycles. The van der Waals surface area contributed by atoms with E-state index in [0.29, 0.717) is 31.3 Å². The number of aliphatic hydroxyl groups excluding tert-OH is 1. The third-order valence-electron chi connectivity index (χ3n) is 5.26. The minimum atomic E-state index is -0.271. The van der Waals surface area contributed by atoms with E-state index in [4.69, 9.17) is 19.3 Å². The minimum Gasteiger partial charge on any atom is -0.462 e. The largest absolute Gasteiger partial charge is 0.462 e. The van der Waals surface area contributed by atoms with Crippen molar-refractivity contribution >= 4 is 5.97 Å². The van der Waals surface area contributed by atoms with Gasteiger partial charge in [0.1, 0.15) is 0 Å². The molecule has 2 bridgehead atoms. The van der Waals surface area contributed by atoms with Gasteiger partial charge in [-0.25, -0.2) is 4.79 Å². The van der Waals surface area contributed by atoms with Crippen LogP contribution in [-0.4, -0.2) is 49.7 Å². The SMILES string of the molecule is O=C(OC[C@@H]1[C@H](COCCCCCO)[C@@H]2CC[C@H]1O2)c1ccccc1. The van der Waals surface area contributed by atoms with Gasteiger partial charge in [-0.05, 0) is 44.2 Å². The summed E-state index contributed by atoms with van der Waals surface area (Å²) in [6.07, 6.45) is 5.34. The molecule has 0 aromatic heterocycles. The Morgan fingerprint density at radius 3 is 2.48 bits per heavy atom. The topological polar surface area (TPSA) is 65.0 Å². The number of fused-ring (bicyclic) bond motifs is 2. The number of rotatable bonds is 10. The lowest BCUT2D eigenvalue weighted by Gasteiger charge is -2.27. The van der Waals surface area contributed by atoms with Crippen molar-refractivity contribution in [3.63, 3.8) is 0 Å². The molecule has 25 heavy (non-hydrogen) atoms. The molecule has 0 spiro atoms. The smallest absolute Gasteiger partial charge is 0.338 e. The lowest BCUT2D eigenvalue weighted by atomic mass is 9.80. The second-order valence-electron chi connectivity index (χ2n) is 6.94. The Morgan fingerprint density at radius 1 is 1.04 bits per heavy atom. The molecule has 4 atom stereocenters. The van der Waals surface area contributed by atoms with Crippen LogP contribution in [0.4, 0.5) is 0 Å². The molecule has 2 heterocycles. The average molecular weight is 348 g/mol. The van der Waals surface area contributed by atoms with Crippen LogP contribution in [0.1, 0.15) is 42.5 Å². The van der Waals surface area contributed by atoms with Crippen LogP contribution in [0.3, 0.4) is 0 Å². The highest BCUT2D eigenvalue weighted by Gasteiger charge is 2.49. The summed E-state index contributed by atoms with van der Waals surface area (Å²) in [7, 11) is 0. The summed E-state index contributed by atoms with van der Waals surface area (Å²) >= 11 is 0. The summed E-state index contributed by atoms with van der Waals surface area (Å²) < 4.78 is 17.4. The van der Waals surface area contributed by atoms with Crippen molar-refractivity contribution in [3.05, 3.63) is 35.9 Å². The maximum absolute atomic E-state index is 12.2. The molecule has 0 unspecified atom stereocenters. The Morgan fingerprint density at radius 2 is 1.76 bits per heavy atom. The molecule has 1 aromatic carbocycles. The number of esters is 1. The minimum absolute atomic E-state index is 0.191. The van der Waals surface area contributed by atoms with E-state index in [1.807, 2.05) is 18.2 Å². The molecule has 0 amide bonds. The maximum atomic E-state index is 12.2. The van der Waals surface area contributed by atoms with E-state index in [-0.39, 0.29) is 30.7 Å². The molecule has 0 saturated carbocycles. The summed E-state index contributed by atoms with van der Waals surface area (Å²) in [5.41, 5.74) is 0.586. The molecule has 5 nitrogen and oxygen atoms in total. The molecule has 2 aliphatic rings. The van der Waals surface area contributed by atoms with Gasteiger partial charge >= 0.3 is 5.97 Å². The zero-order chi connectivity index (χ0) is 17.5. The summed E-state index contributed by atoms with van der Waals surface area (Å²) in [4.78, 5) is 12.2. The van der Waals surface area contributed by atoms with E-state index in [9.17, 15) is 4.79 Å². The Kier molecular flexibility index (Phi) is 6.84. The predicted molar refractivity (Wildman–Crippen MR) is 93.4 cm³/mol. The Labute approximate surface area is 149 Å². The molecule has 1 N–H and O–H groups in total. The predicted octanol–water partition coefficient (Wildman–Crippen LogP) is 2.82. The first-order chi connectivity index (χ1) is 12.3. The number of unbranched alkanes of at least 4 members (excludes halogenated alkanes) is 2. The summed E-state index contributed by atoms with van der Waals surface area (Å²) in [5, 5.41) is 8.79. The van der Waals surface area contributed by atoms with Gasteiger partial charge in [-0.1, -0.05) is 18.2 Å². The first kappa shape index (κ1) is 18.4. The number of aliphatic hydroxyl groups is 1. The molecule has 5 heteroatoms. The van der Waals surface area contributed by atoms with Gasteiger partial charge in [-0.15, -0.1) is 0 Å². The summed E-state index contributed by atoms with van der Waals surface area (Å²) in [6, 6.07) is 9.10. The number of carbonyl (C=O) groups excluding carboxylic acids is 1. The van der Waals surface area contributed by atoms with Gasteiger partial charge in [0, 0.05) is 25.0 Å². The lowest BCUT2D eigenvalue weighted by Crippen LogP contribution is -2.34. The first-order valence-corrected chi connectivity index (χ1v) is 9.36. The maximum Gasteiger partial charge on any atom is 0.338 e. The van der Waals surface area contributed by atoms with Crippen LogP contribution in [0.5, 0.6) is 0 Å². The highest BCUT2D eigenvalue weighted by molar-refractivity contribution is 5.89. The number of carbonyl (C=O) groups is 1. The molecule has 138 valence electrons. The van der Waals surface area contributed by atoms with E-state index in [2.05, 4.69) is 0 Å². The zero-order valence-corrected chi connectivity index (χ0v) is 14.6. The van der Waals surface area contributed by atoms with Gasteiger partial charge in [-0.2, -0.15) is 0 Å². The van der Waals surface area contributed by atoms with Crippen LogP contribution < -0.4 is 0 Å². The second-order valence-corrected chi connectivity index (χ2v) is 6.94. The van der Waals surface area contributed by atoms with Crippen molar-refractivity contribution in [2.75, 3.05) is 26.4 Å². The molecule has 0 radical (unpaired) electrons. The molecular weight excluding hydrogens is 320 g/mol. The van der Waals surface area contributed by atoms with Crippen LogP contribution in [0, 0.1) is 11.8 Å². The van der Waals surface area contributed by atoms with Crippen molar-refractivity contribution in [2.45, 2.75) is 44.3 Å². The van der Waals surface area contributed by atoms with Gasteiger partial charge in [0.05, 0.1) is 31.0 Å². The van der Waals surface area contributed by atoms with Crippen molar-refractivity contribution in [1.29, 1.82) is 0 Å². The summed E-state index contributed by atoms with van der Waals surface area (Å²) in [6.45, 7) is 2.01. The average Bonchev–Trinajstić information content (AvgIpc) is 3.25. The Hall–Kier alpha value is -1.43. The highest BCUT2D eigenvalue weighted by Crippen LogP contribution is 2.43. The highest BCUT2D eigenvalue weighted by atomic mass is 16.5. The van der Waals surface area contributed by atoms with Crippen LogP contribution >= 0.6 is 0 Å². The standard InChI is InChI=1S/C20H28O5/c21-11-5-2-6-12-23-13-16-17(19-10-9-18(16)25-19)14-24-20(22)15-7-3-1-4-8-15/h1,3-4,7-8,16-19,21H,2,5-6,9-14H2/t16-,17+,18-,19+/m0/s1. The Bertz CT molecular complexity index is 532. The van der Waals surface area contributed by atoms with Gasteiger partial charge in [0.2, 0.25) is 0 Å². The monoisotopic (exact) mass is 348 g/mol. The third-order valence-corrected chi connectivity index (χ3v) is 5.26. The molecule has 0 aliphatic carbocycles. The molecule has 2 aliphatic heterocycles. The van der Waals surface area contributed by atoms with Crippen LogP contribution in [0.25, 0.3) is 0 Å². The van der Waals surface area contributed by atoms with Crippen molar-refractivity contribution in [3.8, 4) is 0 Å². The fraction of sp³-hybridized carbons (Fsp3) is 0.650. The van der Waals surface area contributed by atoms with E-state index in [1.54, 1.807) is 12.1 Å². The molecule has 1 aromatic rings. The third kappa shape index (κ3) is 4.81. The quantitative estimate of drug-likeness (QED) is 0.520. The van der Waals surface area contributed by atoms with Crippen molar-refractivity contribution in [1.82, 2.24) is 0 Å². The number of benzene rings is 1. The fourth-order valence-corrected chi connectivity index (χ4v) is 3.87. The fourth-order valence-electron chi connectivity index (χ4n) is 3.87. The molecule has 2 fully saturated rings. The van der Waals surface area contributed by atoms with E-state index in [0.717, 1.165) is 32.1 Å². The molecule has 3 rings (SSSR count). The second kappa shape index (κ2) is 9.32. The lowest BCUT2D eigenvalue weighted by molar-refractivity contribution is 0.0218. The van der Waals surface area contributed by atoms with Gasteiger partial charge in [-0.3, -0.25) is 0 Å². The number of hydrogen-bond donors (Lipinski definition) is 1. The van der Waals surface area contributed by atoms with E-state index < -0.39 is 0 Å². The van der Waals surface area contributed by atoms with Crippen molar-refractivity contribution < 1.29 is 24.1 Å². The molecular formula is C20H28O5. The van der Waals surface area contributed by atoms with E-state index >= 15 is 0 Å². The first-order valence-electron chi connectivity index (χ1n) is 9.36. The van der Waals surface area contributed by atoms with Crippen LogP contribution in [0.2, 0.25) is 0 Å². The van der Waals surface area contributed by atoms with Gasteiger partial charge < -0.3 is 19.3 Å². The number of ether oxygens (including phenoxy) is 3. The van der Waals surface area contributed by atoms with Crippen LogP contribution in [0.15, 0.2) is 30.3 Å². The normalized spacial score (nSPS) is 27.6. The number of hydrogen-bond acceptors (Lipinski definition) is 5. The Balaban J connectivity index is 1.45.